The molecule has 2 amide bonds. The number of carbonyl (C=O) groups is 2. The number of hydrogen-bond acceptors (Lipinski definition) is 7. The van der Waals surface area contributed by atoms with E-state index < -0.39 is 6.04 Å². The van der Waals surface area contributed by atoms with Crippen LogP contribution in [0.25, 0.3) is 0 Å². The van der Waals surface area contributed by atoms with Crippen LogP contribution < -0.4 is 10.1 Å². The molecule has 9 heteroatoms. The van der Waals surface area contributed by atoms with Crippen LogP contribution in [0.4, 0.5) is 5.69 Å². The molecule has 0 bridgehead atoms. The third-order valence-corrected chi connectivity index (χ3v) is 7.23. The molecule has 1 aliphatic rings. The summed E-state index contributed by atoms with van der Waals surface area (Å²) in [6.45, 7) is 4.10. The molecule has 4 rings (SSSR count). The van der Waals surface area contributed by atoms with Gasteiger partial charge in [-0.25, -0.2) is 9.97 Å². The van der Waals surface area contributed by atoms with E-state index in [0.29, 0.717) is 16.6 Å². The van der Waals surface area contributed by atoms with E-state index in [4.69, 9.17) is 4.74 Å². The number of anilines is 1. The minimum absolute atomic E-state index is 0.0127. The van der Waals surface area contributed by atoms with Crippen molar-refractivity contribution in [3.05, 3.63) is 84.0 Å². The highest BCUT2D eigenvalue weighted by Crippen LogP contribution is 2.29. The monoisotopic (exact) mass is 531 g/mol. The highest BCUT2D eigenvalue weighted by atomic mass is 32.2. The maximum absolute atomic E-state index is 13.9. The minimum Gasteiger partial charge on any atom is -0.497 e. The number of pyridine rings is 1. The Hall–Kier alpha value is -3.72. The Kier molecular flexibility index (Phi) is 9.48. The first-order valence-corrected chi connectivity index (χ1v) is 13.6. The Morgan fingerprint density at radius 2 is 1.89 bits per heavy atom. The maximum atomic E-state index is 13.9. The van der Waals surface area contributed by atoms with Crippen molar-refractivity contribution in [3.63, 3.8) is 0 Å². The third kappa shape index (κ3) is 7.41. The Morgan fingerprint density at radius 3 is 2.53 bits per heavy atom. The summed E-state index contributed by atoms with van der Waals surface area (Å²) in [4.78, 5) is 42.5. The number of nitrogens with one attached hydrogen (secondary N) is 1. The van der Waals surface area contributed by atoms with Crippen molar-refractivity contribution in [1.82, 2.24) is 19.9 Å². The number of aromatic nitrogens is 3. The molecule has 0 spiro atoms. The van der Waals surface area contributed by atoms with E-state index in [1.807, 2.05) is 32.0 Å². The Balaban J connectivity index is 1.62. The van der Waals surface area contributed by atoms with Gasteiger partial charge in [0.2, 0.25) is 11.8 Å². The van der Waals surface area contributed by atoms with E-state index in [1.54, 1.807) is 48.7 Å². The Bertz CT molecular complexity index is 1250. The van der Waals surface area contributed by atoms with E-state index in [2.05, 4.69) is 32.4 Å². The predicted octanol–water partition coefficient (Wildman–Crippen LogP) is 4.98. The largest absolute Gasteiger partial charge is 0.497 e. The smallest absolute Gasteiger partial charge is 0.247 e. The molecule has 2 aromatic heterocycles. The average Bonchev–Trinajstić information content (AvgIpc) is 2.92. The maximum Gasteiger partial charge on any atom is 0.247 e. The van der Waals surface area contributed by atoms with Gasteiger partial charge in [-0.05, 0) is 81.0 Å². The second-order valence-electron chi connectivity index (χ2n) is 9.31. The number of methoxy groups -OCH3 is 1. The summed E-state index contributed by atoms with van der Waals surface area (Å²) in [5.41, 5.74) is 3.22. The van der Waals surface area contributed by atoms with Crippen molar-refractivity contribution in [3.8, 4) is 5.75 Å². The van der Waals surface area contributed by atoms with E-state index in [9.17, 15) is 9.59 Å². The quantitative estimate of drug-likeness (QED) is 0.224. The zero-order chi connectivity index (χ0) is 26.9. The van der Waals surface area contributed by atoms with Gasteiger partial charge in [0.1, 0.15) is 11.8 Å². The number of amides is 2. The highest BCUT2D eigenvalue weighted by Gasteiger charge is 2.36. The molecule has 8 nitrogen and oxygen atoms in total. The van der Waals surface area contributed by atoms with Crippen LogP contribution in [0.2, 0.25) is 0 Å². The molecule has 198 valence electrons. The van der Waals surface area contributed by atoms with Crippen LogP contribution in [0.15, 0.2) is 72.2 Å². The number of ether oxygens (including phenoxy) is 1. The SMILES string of the molecule is COc1ccc(NC(=O)C(C2CC=CCC2)N(Cc2cccnc2)C(=O)CSc2nc(C)cc(C)n2)cc1. The van der Waals surface area contributed by atoms with Crippen LogP contribution in [-0.4, -0.2) is 50.6 Å². The number of benzene rings is 1. The molecule has 2 heterocycles. The summed E-state index contributed by atoms with van der Waals surface area (Å²) in [5, 5.41) is 3.59. The lowest BCUT2D eigenvalue weighted by Gasteiger charge is -2.37. The fourth-order valence-corrected chi connectivity index (χ4v) is 5.44. The number of allylic oxidation sites excluding steroid dienone is 2. The molecular weight excluding hydrogens is 498 g/mol. The number of nitrogens with zero attached hydrogens (tertiary/aromatic N) is 4. The molecule has 0 saturated heterocycles. The van der Waals surface area contributed by atoms with Gasteiger partial charge in [0.25, 0.3) is 0 Å². The van der Waals surface area contributed by atoms with Crippen molar-refractivity contribution < 1.29 is 14.3 Å². The standard InChI is InChI=1S/C29H33N5O3S/c1-20-16-21(2)32-29(31-20)38-19-26(35)34(18-22-8-7-15-30-17-22)27(23-9-5-4-6-10-23)28(36)33-24-11-13-25(37-3)14-12-24/h4-5,7-8,11-17,23,27H,6,9-10,18-19H2,1-3H3,(H,33,36). The van der Waals surface area contributed by atoms with Gasteiger partial charge in [0.05, 0.1) is 12.9 Å². The molecule has 1 aliphatic carbocycles. The molecule has 0 saturated carbocycles. The van der Waals surface area contributed by atoms with Gasteiger partial charge in [0, 0.05) is 36.0 Å². The van der Waals surface area contributed by atoms with Crippen LogP contribution in [0.5, 0.6) is 5.75 Å². The Labute approximate surface area is 227 Å². The van der Waals surface area contributed by atoms with Crippen LogP contribution in [0, 0.1) is 19.8 Å². The highest BCUT2D eigenvalue weighted by molar-refractivity contribution is 7.99. The normalized spacial score (nSPS) is 15.5. The lowest BCUT2D eigenvalue weighted by atomic mass is 9.86. The first-order valence-electron chi connectivity index (χ1n) is 12.7. The summed E-state index contributed by atoms with van der Waals surface area (Å²) >= 11 is 1.29. The van der Waals surface area contributed by atoms with Crippen molar-refractivity contribution >= 4 is 29.3 Å². The van der Waals surface area contributed by atoms with Gasteiger partial charge in [-0.1, -0.05) is 30.0 Å². The van der Waals surface area contributed by atoms with Crippen molar-refractivity contribution in [1.29, 1.82) is 0 Å². The fourth-order valence-electron chi connectivity index (χ4n) is 4.60. The van der Waals surface area contributed by atoms with Crippen molar-refractivity contribution in [2.24, 2.45) is 5.92 Å². The van der Waals surface area contributed by atoms with Gasteiger partial charge in [-0.2, -0.15) is 0 Å². The second-order valence-corrected chi connectivity index (χ2v) is 10.3. The van der Waals surface area contributed by atoms with Crippen molar-refractivity contribution in [2.75, 3.05) is 18.2 Å². The van der Waals surface area contributed by atoms with Gasteiger partial charge < -0.3 is 15.0 Å². The molecule has 2 atom stereocenters. The molecular formula is C29H33N5O3S. The number of hydrogen-bond donors (Lipinski definition) is 1. The van der Waals surface area contributed by atoms with Gasteiger partial charge >= 0.3 is 0 Å². The molecule has 0 aliphatic heterocycles. The topological polar surface area (TPSA) is 97.3 Å². The third-order valence-electron chi connectivity index (χ3n) is 6.40. The van der Waals surface area contributed by atoms with E-state index in [-0.39, 0.29) is 30.0 Å². The second kappa shape index (κ2) is 13.2. The number of thioether (sulfide) groups is 1. The number of aryl methyl sites for hydroxylation is 2. The zero-order valence-electron chi connectivity index (χ0n) is 22.0. The van der Waals surface area contributed by atoms with Crippen LogP contribution in [0.1, 0.15) is 36.2 Å². The molecule has 2 unspecified atom stereocenters. The summed E-state index contributed by atoms with van der Waals surface area (Å²) in [7, 11) is 1.60. The summed E-state index contributed by atoms with van der Waals surface area (Å²) < 4.78 is 5.24. The molecule has 38 heavy (non-hydrogen) atoms. The first kappa shape index (κ1) is 27.3. The summed E-state index contributed by atoms with van der Waals surface area (Å²) in [6, 6.07) is 12.2. The van der Waals surface area contributed by atoms with Crippen molar-refractivity contribution in [2.45, 2.75) is 50.9 Å². The first-order chi connectivity index (χ1) is 18.4. The fraction of sp³-hybridized carbons (Fsp3) is 0.345. The molecule has 0 radical (unpaired) electrons. The van der Waals surface area contributed by atoms with Gasteiger partial charge in [0.15, 0.2) is 5.16 Å². The van der Waals surface area contributed by atoms with E-state index >= 15 is 0 Å². The molecule has 3 aromatic rings. The van der Waals surface area contributed by atoms with Gasteiger partial charge in [-0.3, -0.25) is 14.6 Å². The van der Waals surface area contributed by atoms with Crippen LogP contribution >= 0.6 is 11.8 Å². The molecule has 1 aromatic carbocycles. The van der Waals surface area contributed by atoms with Gasteiger partial charge in [-0.15, -0.1) is 0 Å². The van der Waals surface area contributed by atoms with E-state index in [0.717, 1.165) is 36.2 Å². The molecule has 0 fully saturated rings. The average molecular weight is 532 g/mol. The van der Waals surface area contributed by atoms with Crippen LogP contribution in [-0.2, 0) is 16.1 Å². The predicted molar refractivity (Wildman–Crippen MR) is 149 cm³/mol. The lowest BCUT2D eigenvalue weighted by molar-refractivity contribution is -0.139. The summed E-state index contributed by atoms with van der Waals surface area (Å²) in [6.07, 6.45) is 10.1. The zero-order valence-corrected chi connectivity index (χ0v) is 22.8. The van der Waals surface area contributed by atoms with E-state index in [1.165, 1.54) is 11.8 Å². The minimum atomic E-state index is -0.657. The number of carbonyl (C=O) groups excluding carboxylic acids is 2. The number of rotatable bonds is 10. The lowest BCUT2D eigenvalue weighted by Crippen LogP contribution is -2.51. The Morgan fingerprint density at radius 1 is 1.13 bits per heavy atom. The van der Waals surface area contributed by atoms with Crippen LogP contribution in [0.3, 0.4) is 0 Å². The molecule has 1 N–H and O–H groups in total. The summed E-state index contributed by atoms with van der Waals surface area (Å²) in [5.74, 6) is 0.460.